The molecule has 0 bridgehead atoms. The van der Waals surface area contributed by atoms with E-state index in [0.717, 1.165) is 40.3 Å². The predicted molar refractivity (Wildman–Crippen MR) is 113 cm³/mol. The molecule has 1 aromatic carbocycles. The summed E-state index contributed by atoms with van der Waals surface area (Å²) in [5, 5.41) is 15.9. The van der Waals surface area contributed by atoms with Crippen LogP contribution in [0.2, 0.25) is 0 Å². The summed E-state index contributed by atoms with van der Waals surface area (Å²) in [4.78, 5) is 6.45. The van der Waals surface area contributed by atoms with E-state index in [2.05, 4.69) is 4.98 Å². The van der Waals surface area contributed by atoms with Gasteiger partial charge in [-0.3, -0.25) is 15.8 Å². The summed E-state index contributed by atoms with van der Waals surface area (Å²) in [5.41, 5.74) is 3.90. The topological polar surface area (TPSA) is 82.3 Å². The van der Waals surface area contributed by atoms with Crippen molar-refractivity contribution in [1.29, 1.82) is 10.8 Å². The Labute approximate surface area is 171 Å². The minimum atomic E-state index is -0.0532. The van der Waals surface area contributed by atoms with Crippen LogP contribution in [-0.2, 0) is 13.0 Å². The zero-order valence-corrected chi connectivity index (χ0v) is 17.6. The lowest BCUT2D eigenvalue weighted by atomic mass is 10.1. The summed E-state index contributed by atoms with van der Waals surface area (Å²) in [6.45, 7) is 4.99. The molecular weight excluding hydrogens is 376 g/mol. The number of amidine groups is 1. The molecule has 0 radical (unpaired) electrons. The number of methoxy groups -OCH3 is 2. The van der Waals surface area contributed by atoms with E-state index in [1.54, 1.807) is 20.4 Å². The molecule has 0 unspecified atom stereocenters. The number of hydrogen-bond donors (Lipinski definition) is 2. The van der Waals surface area contributed by atoms with Gasteiger partial charge >= 0.3 is 0 Å². The Morgan fingerprint density at radius 1 is 1.18 bits per heavy atom. The number of halogens is 1. The van der Waals surface area contributed by atoms with Crippen molar-refractivity contribution in [3.63, 3.8) is 0 Å². The number of ether oxygens (including phenoxy) is 2. The lowest BCUT2D eigenvalue weighted by molar-refractivity contribution is 0.389. The molecule has 7 heteroatoms. The third-order valence-electron chi connectivity index (χ3n) is 4.60. The maximum atomic E-state index is 8.40. The van der Waals surface area contributed by atoms with Crippen LogP contribution in [0.25, 0.3) is 0 Å². The summed E-state index contributed by atoms with van der Waals surface area (Å²) in [6.07, 6.45) is 2.62. The fourth-order valence-electron chi connectivity index (χ4n) is 3.07. The van der Waals surface area contributed by atoms with Gasteiger partial charge in [-0.1, -0.05) is 23.7 Å². The van der Waals surface area contributed by atoms with Gasteiger partial charge in [0, 0.05) is 23.9 Å². The van der Waals surface area contributed by atoms with E-state index in [1.165, 1.54) is 0 Å². The summed E-state index contributed by atoms with van der Waals surface area (Å²) < 4.78 is 10.8. The number of hydrogen-bond acceptors (Lipinski definition) is 5. The van der Waals surface area contributed by atoms with Crippen molar-refractivity contribution in [2.24, 2.45) is 0 Å². The normalized spacial score (nSPS) is 10.5. The number of benzene rings is 1. The molecule has 2 rings (SSSR count). The van der Waals surface area contributed by atoms with E-state index < -0.39 is 0 Å². The summed E-state index contributed by atoms with van der Waals surface area (Å²) in [7, 11) is 3.29. The molecule has 0 fully saturated rings. The predicted octanol–water partition coefficient (Wildman–Crippen LogP) is 4.34. The Morgan fingerprint density at radius 2 is 1.93 bits per heavy atom. The molecule has 1 heterocycles. The number of aryl methyl sites for hydroxylation is 1. The Kier molecular flexibility index (Phi) is 7.81. The molecular formula is C21H27ClN4O2. The number of nitrogens with zero attached hydrogens (tertiary/aromatic N) is 2. The highest BCUT2D eigenvalue weighted by Gasteiger charge is 2.17. The van der Waals surface area contributed by atoms with Gasteiger partial charge in [0.05, 0.1) is 32.9 Å². The fraction of sp³-hybridized carbons (Fsp3) is 0.381. The van der Waals surface area contributed by atoms with Crippen LogP contribution < -0.4 is 9.47 Å². The van der Waals surface area contributed by atoms with Crippen LogP contribution in [0.5, 0.6) is 11.5 Å². The van der Waals surface area contributed by atoms with E-state index in [0.29, 0.717) is 18.9 Å². The van der Waals surface area contributed by atoms with E-state index >= 15 is 0 Å². The minimum Gasteiger partial charge on any atom is -0.497 e. The fourth-order valence-corrected chi connectivity index (χ4v) is 3.20. The minimum absolute atomic E-state index is 0.0532. The van der Waals surface area contributed by atoms with Crippen LogP contribution >= 0.6 is 11.6 Å². The van der Waals surface area contributed by atoms with Gasteiger partial charge in [-0.25, -0.2) is 0 Å². The van der Waals surface area contributed by atoms with E-state index in [1.807, 2.05) is 43.0 Å². The second-order valence-corrected chi connectivity index (χ2v) is 7.05. The van der Waals surface area contributed by atoms with Gasteiger partial charge in [-0.15, -0.1) is 0 Å². The summed E-state index contributed by atoms with van der Waals surface area (Å²) >= 11 is 5.74. The van der Waals surface area contributed by atoms with Crippen LogP contribution in [-0.4, -0.2) is 41.7 Å². The van der Waals surface area contributed by atoms with Crippen LogP contribution in [0, 0.1) is 24.7 Å². The molecule has 0 aliphatic rings. The molecule has 1 aromatic heterocycles. The summed E-state index contributed by atoms with van der Waals surface area (Å²) in [5.74, 6) is 1.92. The molecule has 28 heavy (non-hydrogen) atoms. The zero-order chi connectivity index (χ0) is 20.7. The van der Waals surface area contributed by atoms with Crippen LogP contribution in [0.1, 0.15) is 28.8 Å². The molecule has 0 aliphatic carbocycles. The van der Waals surface area contributed by atoms with Crippen molar-refractivity contribution in [3.05, 3.63) is 52.8 Å². The van der Waals surface area contributed by atoms with Gasteiger partial charge in [0.25, 0.3) is 0 Å². The van der Waals surface area contributed by atoms with Crippen molar-refractivity contribution in [3.8, 4) is 11.5 Å². The first-order valence-corrected chi connectivity index (χ1v) is 9.40. The Morgan fingerprint density at radius 3 is 2.57 bits per heavy atom. The third kappa shape index (κ3) is 5.70. The average Bonchev–Trinajstić information content (AvgIpc) is 2.66. The molecule has 0 atom stereocenters. The molecule has 0 amide bonds. The molecule has 0 aliphatic heterocycles. The van der Waals surface area contributed by atoms with Gasteiger partial charge in [-0.2, -0.15) is 0 Å². The van der Waals surface area contributed by atoms with Crippen molar-refractivity contribution < 1.29 is 9.47 Å². The average molecular weight is 403 g/mol. The van der Waals surface area contributed by atoms with Gasteiger partial charge < -0.3 is 14.4 Å². The van der Waals surface area contributed by atoms with Crippen molar-refractivity contribution in [1.82, 2.24) is 9.88 Å². The van der Waals surface area contributed by atoms with Crippen molar-refractivity contribution in [2.45, 2.75) is 33.2 Å². The highest BCUT2D eigenvalue weighted by molar-refractivity contribution is 6.65. The van der Waals surface area contributed by atoms with Crippen LogP contribution in [0.15, 0.2) is 30.5 Å². The van der Waals surface area contributed by atoms with Crippen molar-refractivity contribution in [2.75, 3.05) is 20.8 Å². The van der Waals surface area contributed by atoms with E-state index in [9.17, 15) is 0 Å². The smallest absolute Gasteiger partial charge is 0.128 e. The third-order valence-corrected chi connectivity index (χ3v) is 4.73. The number of pyridine rings is 1. The number of rotatable bonds is 9. The first-order valence-electron chi connectivity index (χ1n) is 9.03. The lowest BCUT2D eigenvalue weighted by Gasteiger charge is -2.26. The lowest BCUT2D eigenvalue weighted by Crippen LogP contribution is -2.33. The van der Waals surface area contributed by atoms with Gasteiger partial charge in [-0.05, 0) is 38.0 Å². The molecule has 0 spiro atoms. The quantitative estimate of drug-likeness (QED) is 0.482. The Balaban J connectivity index is 2.22. The maximum Gasteiger partial charge on any atom is 0.128 e. The van der Waals surface area contributed by atoms with E-state index in [-0.39, 0.29) is 11.6 Å². The first-order chi connectivity index (χ1) is 13.3. The first kappa shape index (κ1) is 21.7. The van der Waals surface area contributed by atoms with Gasteiger partial charge in [0.15, 0.2) is 0 Å². The largest absolute Gasteiger partial charge is 0.497 e. The molecule has 6 nitrogen and oxygen atoms in total. The molecule has 2 aromatic rings. The van der Waals surface area contributed by atoms with Crippen LogP contribution in [0.4, 0.5) is 0 Å². The number of aromatic nitrogens is 1. The maximum absolute atomic E-state index is 8.40. The highest BCUT2D eigenvalue weighted by atomic mass is 35.5. The SMILES string of the molecule is COc1cccc(CCN(Cc2ncc(C)c(OC)c2C)C(=N)CC(=N)Cl)c1. The second-order valence-electron chi connectivity index (χ2n) is 6.60. The second kappa shape index (κ2) is 10.1. The van der Waals surface area contributed by atoms with Gasteiger partial charge in [0.1, 0.15) is 22.5 Å². The van der Waals surface area contributed by atoms with Crippen molar-refractivity contribution >= 4 is 22.6 Å². The highest BCUT2D eigenvalue weighted by Crippen LogP contribution is 2.25. The zero-order valence-electron chi connectivity index (χ0n) is 16.8. The Bertz CT molecular complexity index is 854. The summed E-state index contributed by atoms with van der Waals surface area (Å²) in [6, 6.07) is 7.88. The van der Waals surface area contributed by atoms with Gasteiger partial charge in [0.2, 0.25) is 0 Å². The number of nitrogens with one attached hydrogen (secondary N) is 2. The van der Waals surface area contributed by atoms with E-state index in [4.69, 9.17) is 31.9 Å². The molecule has 150 valence electrons. The molecule has 2 N–H and O–H groups in total. The molecule has 0 saturated carbocycles. The Hall–Kier alpha value is -2.60. The standard InChI is InChI=1S/C21H27ClN4O2/c1-14-12-25-18(15(2)21(14)28-4)13-26(20(24)11-19(22)23)9-8-16-6-5-7-17(10-16)27-3/h5-7,10,12,23-24H,8-9,11,13H2,1-4H3. The van der Waals surface area contributed by atoms with Crippen LogP contribution in [0.3, 0.4) is 0 Å². The molecule has 0 saturated heterocycles. The monoisotopic (exact) mass is 402 g/mol.